The molecule has 0 atom stereocenters. The van der Waals surface area contributed by atoms with Gasteiger partial charge in [-0.3, -0.25) is 9.59 Å². The molecule has 4 aromatic rings. The highest BCUT2D eigenvalue weighted by atomic mass is 35.5. The second-order valence-corrected chi connectivity index (χ2v) is 8.84. The predicted octanol–water partition coefficient (Wildman–Crippen LogP) is 6.69. The molecule has 0 aliphatic carbocycles. The Hall–Kier alpha value is -3.32. The summed E-state index contributed by atoms with van der Waals surface area (Å²) in [4.78, 5) is 24.0. The van der Waals surface area contributed by atoms with Crippen LogP contribution < -0.4 is 5.32 Å². The van der Waals surface area contributed by atoms with Crippen molar-refractivity contribution in [1.82, 2.24) is 9.78 Å². The number of carbonyl (C=O) groups excluding carboxylic acids is 1. The third-order valence-electron chi connectivity index (χ3n) is 5.16. The van der Waals surface area contributed by atoms with Crippen molar-refractivity contribution in [2.75, 3.05) is 5.32 Å². The summed E-state index contributed by atoms with van der Waals surface area (Å²) in [6.45, 7) is 1.81. The number of halogens is 3. The van der Waals surface area contributed by atoms with Crippen LogP contribution in [0.25, 0.3) is 16.9 Å². The van der Waals surface area contributed by atoms with Crippen LogP contribution in [-0.2, 0) is 11.2 Å². The largest absolute Gasteiger partial charge is 0.481 e. The molecule has 1 aromatic heterocycles. The molecule has 1 amide bonds. The maximum absolute atomic E-state index is 13.2. The molecule has 0 saturated heterocycles. The number of aliphatic carboxylic acids is 1. The highest BCUT2D eigenvalue weighted by Crippen LogP contribution is 2.33. The number of nitrogens with one attached hydrogen (secondary N) is 1. The van der Waals surface area contributed by atoms with Gasteiger partial charge in [0, 0.05) is 26.9 Å². The first-order chi connectivity index (χ1) is 16.2. The molecule has 0 spiro atoms. The number of carbonyl (C=O) groups is 2. The highest BCUT2D eigenvalue weighted by Gasteiger charge is 2.23. The summed E-state index contributed by atoms with van der Waals surface area (Å²) in [6, 6.07) is 18.9. The molecular weight excluding hydrogens is 497 g/mol. The van der Waals surface area contributed by atoms with Gasteiger partial charge >= 0.3 is 5.97 Å². The third kappa shape index (κ3) is 5.09. The molecule has 34 heavy (non-hydrogen) atoms. The lowest BCUT2D eigenvalue weighted by molar-refractivity contribution is -0.136. The van der Waals surface area contributed by atoms with Gasteiger partial charge in [0.05, 0.1) is 22.8 Å². The van der Waals surface area contributed by atoms with E-state index in [0.717, 1.165) is 5.56 Å². The van der Waals surface area contributed by atoms with Crippen LogP contribution in [0.3, 0.4) is 0 Å². The molecule has 0 fully saturated rings. The summed E-state index contributed by atoms with van der Waals surface area (Å²) in [5.41, 5.74) is 4.06. The van der Waals surface area contributed by atoms with E-state index in [1.165, 1.54) is 0 Å². The first kappa shape index (κ1) is 23.8. The van der Waals surface area contributed by atoms with E-state index in [9.17, 15) is 9.59 Å². The van der Waals surface area contributed by atoms with Crippen molar-refractivity contribution in [3.8, 4) is 16.9 Å². The van der Waals surface area contributed by atoms with Crippen molar-refractivity contribution in [2.45, 2.75) is 13.3 Å². The van der Waals surface area contributed by atoms with Crippen LogP contribution in [0.1, 0.15) is 21.6 Å². The maximum Gasteiger partial charge on any atom is 0.307 e. The van der Waals surface area contributed by atoms with Crippen LogP contribution in [0.15, 0.2) is 66.7 Å². The molecule has 4 rings (SSSR count). The number of anilines is 1. The molecule has 1 heterocycles. The Bertz CT molecular complexity index is 1380. The first-order valence-corrected chi connectivity index (χ1v) is 11.3. The van der Waals surface area contributed by atoms with Gasteiger partial charge in [0.15, 0.2) is 5.69 Å². The first-order valence-electron chi connectivity index (χ1n) is 10.2. The Morgan fingerprint density at radius 1 is 0.941 bits per heavy atom. The predicted molar refractivity (Wildman–Crippen MR) is 135 cm³/mol. The second-order valence-electron chi connectivity index (χ2n) is 7.56. The summed E-state index contributed by atoms with van der Waals surface area (Å²) in [5, 5.41) is 17.8. The Kier molecular flexibility index (Phi) is 6.93. The summed E-state index contributed by atoms with van der Waals surface area (Å²) >= 11 is 18.6. The summed E-state index contributed by atoms with van der Waals surface area (Å²) < 4.78 is 1.61. The zero-order chi connectivity index (χ0) is 24.4. The number of carboxylic acid groups (broad SMARTS) is 1. The molecule has 172 valence electrons. The van der Waals surface area contributed by atoms with E-state index in [1.807, 2.05) is 19.1 Å². The van der Waals surface area contributed by atoms with Gasteiger partial charge in [-0.05, 0) is 55.0 Å². The van der Waals surface area contributed by atoms with Gasteiger partial charge < -0.3 is 10.4 Å². The molecule has 6 nitrogen and oxygen atoms in total. The van der Waals surface area contributed by atoms with Gasteiger partial charge in [0.1, 0.15) is 0 Å². The van der Waals surface area contributed by atoms with Crippen molar-refractivity contribution >= 4 is 52.4 Å². The fourth-order valence-electron chi connectivity index (χ4n) is 3.56. The van der Waals surface area contributed by atoms with Gasteiger partial charge in [-0.15, -0.1) is 0 Å². The van der Waals surface area contributed by atoms with Crippen LogP contribution in [0.4, 0.5) is 5.69 Å². The summed E-state index contributed by atoms with van der Waals surface area (Å²) in [5.74, 6) is -1.34. The second kappa shape index (κ2) is 9.89. The fraction of sp³-hybridized carbons (Fsp3) is 0.0800. The number of amides is 1. The van der Waals surface area contributed by atoms with E-state index in [0.29, 0.717) is 43.3 Å². The maximum atomic E-state index is 13.2. The number of hydrogen-bond acceptors (Lipinski definition) is 3. The topological polar surface area (TPSA) is 84.2 Å². The highest BCUT2D eigenvalue weighted by molar-refractivity contribution is 6.35. The Morgan fingerprint density at radius 3 is 2.21 bits per heavy atom. The normalized spacial score (nSPS) is 10.8. The van der Waals surface area contributed by atoms with Gasteiger partial charge in [0.2, 0.25) is 0 Å². The molecule has 9 heteroatoms. The summed E-state index contributed by atoms with van der Waals surface area (Å²) in [6.07, 6.45) is -0.0932. The van der Waals surface area contributed by atoms with E-state index in [-0.39, 0.29) is 12.1 Å². The molecule has 0 aliphatic heterocycles. The Morgan fingerprint density at radius 2 is 1.59 bits per heavy atom. The lowest BCUT2D eigenvalue weighted by atomic mass is 10.1. The van der Waals surface area contributed by atoms with Crippen LogP contribution in [0.2, 0.25) is 15.1 Å². The Labute approximate surface area is 210 Å². The SMILES string of the molecule is Cc1c(C(=O)Nc2ccc(CC(=O)O)cc2)nn(-c2ccc(Cl)cc2Cl)c1-c1ccc(Cl)cc1. The zero-order valence-corrected chi connectivity index (χ0v) is 20.1. The number of nitrogens with zero attached hydrogens (tertiary/aromatic N) is 2. The van der Waals surface area contributed by atoms with Crippen molar-refractivity contribution in [3.05, 3.63) is 98.6 Å². The molecule has 0 bridgehead atoms. The molecule has 0 unspecified atom stereocenters. The average molecular weight is 515 g/mol. The lowest BCUT2D eigenvalue weighted by Crippen LogP contribution is -2.14. The standard InChI is InChI=1S/C25H18Cl3N3O3/c1-14-23(25(34)29-19-9-2-15(3-10-19)12-22(32)33)30-31(21-11-8-18(27)13-20(21)28)24(14)16-4-6-17(26)7-5-16/h2-11,13H,12H2,1H3,(H,29,34)(H,32,33). The van der Waals surface area contributed by atoms with E-state index in [1.54, 1.807) is 59.3 Å². The van der Waals surface area contributed by atoms with E-state index < -0.39 is 11.9 Å². The smallest absolute Gasteiger partial charge is 0.307 e. The number of aromatic nitrogens is 2. The van der Waals surface area contributed by atoms with Gasteiger partial charge in [-0.25, -0.2) is 4.68 Å². The Balaban J connectivity index is 1.75. The molecular formula is C25H18Cl3N3O3. The average Bonchev–Trinajstić information content (AvgIpc) is 3.12. The van der Waals surface area contributed by atoms with Crippen molar-refractivity contribution in [1.29, 1.82) is 0 Å². The number of hydrogen-bond donors (Lipinski definition) is 2. The van der Waals surface area contributed by atoms with Gasteiger partial charge in [0.25, 0.3) is 5.91 Å². The molecule has 0 radical (unpaired) electrons. The van der Waals surface area contributed by atoms with Gasteiger partial charge in [-0.1, -0.05) is 59.1 Å². The van der Waals surface area contributed by atoms with E-state index in [4.69, 9.17) is 39.9 Å². The lowest BCUT2D eigenvalue weighted by Gasteiger charge is -2.11. The number of benzene rings is 3. The van der Waals surface area contributed by atoms with E-state index in [2.05, 4.69) is 10.4 Å². The van der Waals surface area contributed by atoms with Gasteiger partial charge in [-0.2, -0.15) is 5.10 Å². The van der Waals surface area contributed by atoms with Crippen LogP contribution in [0, 0.1) is 6.92 Å². The van der Waals surface area contributed by atoms with Crippen LogP contribution >= 0.6 is 34.8 Å². The minimum atomic E-state index is -0.923. The minimum Gasteiger partial charge on any atom is -0.481 e. The number of rotatable bonds is 6. The summed E-state index contributed by atoms with van der Waals surface area (Å²) in [7, 11) is 0. The zero-order valence-electron chi connectivity index (χ0n) is 17.8. The van der Waals surface area contributed by atoms with Crippen molar-refractivity contribution < 1.29 is 14.7 Å². The fourth-order valence-corrected chi connectivity index (χ4v) is 4.17. The van der Waals surface area contributed by atoms with Crippen LogP contribution in [-0.4, -0.2) is 26.8 Å². The van der Waals surface area contributed by atoms with Crippen molar-refractivity contribution in [2.24, 2.45) is 0 Å². The third-order valence-corrected chi connectivity index (χ3v) is 5.95. The monoisotopic (exact) mass is 513 g/mol. The quantitative estimate of drug-likeness (QED) is 0.300. The number of carboxylic acids is 1. The molecule has 0 saturated carbocycles. The minimum absolute atomic E-state index is 0.0932. The van der Waals surface area contributed by atoms with E-state index >= 15 is 0 Å². The molecule has 0 aliphatic rings. The molecule has 2 N–H and O–H groups in total. The van der Waals surface area contributed by atoms with Crippen molar-refractivity contribution in [3.63, 3.8) is 0 Å². The van der Waals surface area contributed by atoms with Crippen LogP contribution in [0.5, 0.6) is 0 Å². The molecule has 3 aromatic carbocycles.